The molecule has 1 fully saturated rings. The minimum Gasteiger partial charge on any atom is -0.0882 e. The van der Waals surface area contributed by atoms with Crippen molar-refractivity contribution in [2.45, 2.75) is 39.0 Å². The van der Waals surface area contributed by atoms with Gasteiger partial charge >= 0.3 is 0 Å². The summed E-state index contributed by atoms with van der Waals surface area (Å²) in [7, 11) is 0. The second-order valence-electron chi connectivity index (χ2n) is 4.21. The summed E-state index contributed by atoms with van der Waals surface area (Å²) < 4.78 is 0. The lowest BCUT2D eigenvalue weighted by atomic mass is 9.86. The Balaban J connectivity index is 1.98. The van der Waals surface area contributed by atoms with E-state index in [2.05, 4.69) is 19.1 Å². The zero-order valence-corrected chi connectivity index (χ0v) is 7.42. The van der Waals surface area contributed by atoms with Crippen LogP contribution in [-0.2, 0) is 0 Å². The van der Waals surface area contributed by atoms with Gasteiger partial charge in [-0.25, -0.2) is 0 Å². The van der Waals surface area contributed by atoms with E-state index < -0.39 is 0 Å². The highest BCUT2D eigenvalue weighted by Gasteiger charge is 2.32. The Hall–Kier alpha value is -0.260. The van der Waals surface area contributed by atoms with Crippen molar-refractivity contribution < 1.29 is 0 Å². The van der Waals surface area contributed by atoms with E-state index in [1.165, 1.54) is 32.1 Å². The van der Waals surface area contributed by atoms with Gasteiger partial charge in [-0.1, -0.05) is 25.5 Å². The summed E-state index contributed by atoms with van der Waals surface area (Å²) in [6.07, 6.45) is 12.0. The van der Waals surface area contributed by atoms with Crippen LogP contribution in [0.15, 0.2) is 12.2 Å². The normalized spacial score (nSPS) is 37.5. The van der Waals surface area contributed by atoms with Crippen molar-refractivity contribution in [3.05, 3.63) is 12.2 Å². The quantitative estimate of drug-likeness (QED) is 0.503. The molecule has 0 N–H and O–H groups in total. The lowest BCUT2D eigenvalue weighted by molar-refractivity contribution is 0.380. The van der Waals surface area contributed by atoms with Gasteiger partial charge in [0.2, 0.25) is 0 Å². The van der Waals surface area contributed by atoms with Crippen molar-refractivity contribution in [1.82, 2.24) is 0 Å². The van der Waals surface area contributed by atoms with Crippen LogP contribution in [0, 0.1) is 17.8 Å². The molecule has 0 heterocycles. The maximum Gasteiger partial charge on any atom is -0.0319 e. The fourth-order valence-corrected chi connectivity index (χ4v) is 2.79. The number of hydrogen-bond donors (Lipinski definition) is 0. The zero-order chi connectivity index (χ0) is 7.68. The summed E-state index contributed by atoms with van der Waals surface area (Å²) in [4.78, 5) is 0. The smallest absolute Gasteiger partial charge is 0.0319 e. The Labute approximate surface area is 69.7 Å². The third-order valence-electron chi connectivity index (χ3n) is 3.56. The highest BCUT2D eigenvalue weighted by Crippen LogP contribution is 2.43. The molecule has 0 aliphatic heterocycles. The van der Waals surface area contributed by atoms with Gasteiger partial charge in [0.15, 0.2) is 0 Å². The van der Waals surface area contributed by atoms with Crippen LogP contribution in [0.3, 0.4) is 0 Å². The molecule has 0 aromatic carbocycles. The minimum absolute atomic E-state index is 1.06. The summed E-state index contributed by atoms with van der Waals surface area (Å²) in [5, 5.41) is 0. The van der Waals surface area contributed by atoms with Crippen LogP contribution in [0.4, 0.5) is 0 Å². The predicted molar refractivity (Wildman–Crippen MR) is 48.4 cm³/mol. The monoisotopic (exact) mass is 150 g/mol. The van der Waals surface area contributed by atoms with Crippen LogP contribution in [0.2, 0.25) is 0 Å². The number of rotatable bonds is 1. The highest BCUT2D eigenvalue weighted by molar-refractivity contribution is 4.98. The average Bonchev–Trinajstić information content (AvgIpc) is 2.46. The molecule has 0 radical (unpaired) electrons. The van der Waals surface area contributed by atoms with Gasteiger partial charge in [-0.3, -0.25) is 0 Å². The lowest BCUT2D eigenvalue weighted by Gasteiger charge is -2.19. The molecule has 1 saturated carbocycles. The van der Waals surface area contributed by atoms with Crippen LogP contribution in [0.5, 0.6) is 0 Å². The molecule has 2 atom stereocenters. The van der Waals surface area contributed by atoms with Crippen LogP contribution in [0.25, 0.3) is 0 Å². The molecule has 0 heteroatoms. The van der Waals surface area contributed by atoms with Gasteiger partial charge in [0.1, 0.15) is 0 Å². The van der Waals surface area contributed by atoms with Crippen LogP contribution < -0.4 is 0 Å². The summed E-state index contributed by atoms with van der Waals surface area (Å²) in [5.74, 6) is 3.18. The molecule has 0 aromatic rings. The first-order valence-corrected chi connectivity index (χ1v) is 5.05. The molecule has 11 heavy (non-hydrogen) atoms. The fourth-order valence-electron chi connectivity index (χ4n) is 2.79. The van der Waals surface area contributed by atoms with Gasteiger partial charge in [0, 0.05) is 0 Å². The topological polar surface area (TPSA) is 0 Å². The molecule has 62 valence electrons. The SMILES string of the molecule is CCC1C[C@H]2CC=CC[C@@H]2C1. The third-order valence-corrected chi connectivity index (χ3v) is 3.56. The third kappa shape index (κ3) is 1.36. The van der Waals surface area contributed by atoms with Crippen molar-refractivity contribution in [3.8, 4) is 0 Å². The first-order chi connectivity index (χ1) is 5.40. The Morgan fingerprint density at radius 1 is 1.09 bits per heavy atom. The van der Waals surface area contributed by atoms with E-state index in [1.807, 2.05) is 0 Å². The van der Waals surface area contributed by atoms with E-state index in [-0.39, 0.29) is 0 Å². The van der Waals surface area contributed by atoms with Gasteiger partial charge in [0.25, 0.3) is 0 Å². The van der Waals surface area contributed by atoms with E-state index in [4.69, 9.17) is 0 Å². The van der Waals surface area contributed by atoms with Crippen LogP contribution in [0.1, 0.15) is 39.0 Å². The second-order valence-corrected chi connectivity index (χ2v) is 4.21. The van der Waals surface area contributed by atoms with Crippen molar-refractivity contribution in [2.75, 3.05) is 0 Å². The van der Waals surface area contributed by atoms with E-state index in [1.54, 1.807) is 0 Å². The minimum atomic E-state index is 1.06. The summed E-state index contributed by atoms with van der Waals surface area (Å²) in [6.45, 7) is 2.34. The second kappa shape index (κ2) is 3.00. The molecule has 0 unspecified atom stereocenters. The molecule has 0 saturated heterocycles. The van der Waals surface area contributed by atoms with Crippen LogP contribution >= 0.6 is 0 Å². The Bertz CT molecular complexity index is 141. The maximum absolute atomic E-state index is 2.39. The van der Waals surface area contributed by atoms with E-state index in [9.17, 15) is 0 Å². The summed E-state index contributed by atoms with van der Waals surface area (Å²) >= 11 is 0. The van der Waals surface area contributed by atoms with Gasteiger partial charge in [-0.05, 0) is 43.4 Å². The van der Waals surface area contributed by atoms with E-state index in [0.717, 1.165) is 17.8 Å². The van der Waals surface area contributed by atoms with Crippen LogP contribution in [-0.4, -0.2) is 0 Å². The number of fused-ring (bicyclic) bond motifs is 1. The molecular weight excluding hydrogens is 132 g/mol. The molecule has 0 spiro atoms. The molecule has 2 rings (SSSR count). The number of allylic oxidation sites excluding steroid dienone is 2. The fraction of sp³-hybridized carbons (Fsp3) is 0.818. The Morgan fingerprint density at radius 2 is 1.64 bits per heavy atom. The highest BCUT2D eigenvalue weighted by atomic mass is 14.4. The lowest BCUT2D eigenvalue weighted by Crippen LogP contribution is -2.08. The number of hydrogen-bond acceptors (Lipinski definition) is 0. The standard InChI is InChI=1S/C11H18/c1-2-9-7-10-5-3-4-6-11(10)8-9/h3-4,9-11H,2,5-8H2,1H3/t10-,11-/m1/s1. The molecule has 0 amide bonds. The largest absolute Gasteiger partial charge is 0.0882 e. The summed E-state index contributed by atoms with van der Waals surface area (Å²) in [5.41, 5.74) is 0. The predicted octanol–water partition coefficient (Wildman–Crippen LogP) is 3.39. The van der Waals surface area contributed by atoms with Crippen molar-refractivity contribution >= 4 is 0 Å². The van der Waals surface area contributed by atoms with Crippen molar-refractivity contribution in [2.24, 2.45) is 17.8 Å². The van der Waals surface area contributed by atoms with Gasteiger partial charge < -0.3 is 0 Å². The zero-order valence-electron chi connectivity index (χ0n) is 7.42. The van der Waals surface area contributed by atoms with Gasteiger partial charge in [0.05, 0.1) is 0 Å². The molecule has 2 aliphatic rings. The first kappa shape index (κ1) is 7.39. The van der Waals surface area contributed by atoms with Crippen molar-refractivity contribution in [3.63, 3.8) is 0 Å². The van der Waals surface area contributed by atoms with Crippen molar-refractivity contribution in [1.29, 1.82) is 0 Å². The first-order valence-electron chi connectivity index (χ1n) is 5.05. The Kier molecular flexibility index (Phi) is 2.02. The molecule has 0 aromatic heterocycles. The Morgan fingerprint density at radius 3 is 2.09 bits per heavy atom. The van der Waals surface area contributed by atoms with E-state index in [0.29, 0.717) is 0 Å². The van der Waals surface area contributed by atoms with E-state index >= 15 is 0 Å². The molecule has 2 aliphatic carbocycles. The molecule has 0 nitrogen and oxygen atoms in total. The molecular formula is C11H18. The van der Waals surface area contributed by atoms with Gasteiger partial charge in [-0.2, -0.15) is 0 Å². The molecule has 0 bridgehead atoms. The summed E-state index contributed by atoms with van der Waals surface area (Å²) in [6, 6.07) is 0. The van der Waals surface area contributed by atoms with Gasteiger partial charge in [-0.15, -0.1) is 0 Å². The maximum atomic E-state index is 2.39. The average molecular weight is 150 g/mol.